The molecule has 6 heteroatoms. The minimum Gasteiger partial charge on any atom is -0.396 e. The quantitative estimate of drug-likeness (QED) is 0.932. The Balaban J connectivity index is 2.14. The van der Waals surface area contributed by atoms with E-state index >= 15 is 0 Å². The van der Waals surface area contributed by atoms with Gasteiger partial charge in [0.1, 0.15) is 0 Å². The molecular formula is C14H17BrN4O. The maximum absolute atomic E-state index is 12.3. The van der Waals surface area contributed by atoms with Gasteiger partial charge in [0.2, 0.25) is 0 Å². The number of hydrogen-bond donors (Lipinski definition) is 1. The number of halogens is 1. The Morgan fingerprint density at radius 2 is 2.25 bits per heavy atom. The lowest BCUT2D eigenvalue weighted by Gasteiger charge is -2.16. The van der Waals surface area contributed by atoms with E-state index < -0.39 is 0 Å². The largest absolute Gasteiger partial charge is 0.396 e. The number of amides is 1. The molecule has 0 spiro atoms. The zero-order chi connectivity index (χ0) is 14.7. The van der Waals surface area contributed by atoms with Gasteiger partial charge in [-0.15, -0.1) is 0 Å². The number of nitrogens with zero attached hydrogens (tertiary/aromatic N) is 3. The molecule has 2 rings (SSSR count). The molecule has 1 amide bonds. The summed E-state index contributed by atoms with van der Waals surface area (Å²) in [6.07, 6.45) is 1.68. The zero-order valence-electron chi connectivity index (χ0n) is 11.5. The summed E-state index contributed by atoms with van der Waals surface area (Å²) in [6, 6.07) is 7.85. The molecule has 2 aromatic rings. The summed E-state index contributed by atoms with van der Waals surface area (Å²) in [7, 11) is 1.74. The highest BCUT2D eigenvalue weighted by molar-refractivity contribution is 9.10. The highest BCUT2D eigenvalue weighted by Gasteiger charge is 2.18. The molecule has 0 atom stereocenters. The lowest BCUT2D eigenvalue weighted by Crippen LogP contribution is -2.27. The van der Waals surface area contributed by atoms with Crippen molar-refractivity contribution >= 4 is 27.5 Å². The molecular weight excluding hydrogens is 320 g/mol. The first-order valence-electron chi connectivity index (χ1n) is 6.34. The van der Waals surface area contributed by atoms with Crippen molar-refractivity contribution < 1.29 is 4.79 Å². The molecule has 0 fully saturated rings. The van der Waals surface area contributed by atoms with E-state index in [0.717, 1.165) is 10.0 Å². The molecule has 5 nitrogen and oxygen atoms in total. The monoisotopic (exact) mass is 336 g/mol. The summed E-state index contributed by atoms with van der Waals surface area (Å²) in [6.45, 7) is 3.15. The van der Waals surface area contributed by atoms with Crippen molar-refractivity contribution in [1.82, 2.24) is 14.7 Å². The molecule has 0 unspecified atom stereocenters. The first kappa shape index (κ1) is 14.6. The molecule has 0 bridgehead atoms. The van der Waals surface area contributed by atoms with Gasteiger partial charge in [-0.25, -0.2) is 0 Å². The Morgan fingerprint density at radius 1 is 1.50 bits per heavy atom. The number of benzene rings is 1. The fourth-order valence-electron chi connectivity index (χ4n) is 1.93. The molecule has 0 radical (unpaired) electrons. The highest BCUT2D eigenvalue weighted by Crippen LogP contribution is 2.16. The third-order valence-corrected chi connectivity index (χ3v) is 3.47. The lowest BCUT2D eigenvalue weighted by molar-refractivity contribution is 0.0779. The van der Waals surface area contributed by atoms with E-state index in [1.807, 2.05) is 31.2 Å². The molecule has 1 aromatic carbocycles. The topological polar surface area (TPSA) is 64.2 Å². The van der Waals surface area contributed by atoms with Gasteiger partial charge in [-0.05, 0) is 24.6 Å². The van der Waals surface area contributed by atoms with Crippen LogP contribution in [-0.2, 0) is 13.1 Å². The van der Waals surface area contributed by atoms with Gasteiger partial charge in [0.25, 0.3) is 5.91 Å². The average molecular weight is 337 g/mol. The number of carbonyl (C=O) groups is 1. The third kappa shape index (κ3) is 3.19. The van der Waals surface area contributed by atoms with E-state index in [2.05, 4.69) is 21.0 Å². The Morgan fingerprint density at radius 3 is 2.85 bits per heavy atom. The molecule has 0 aliphatic rings. The van der Waals surface area contributed by atoms with Crippen molar-refractivity contribution in [2.24, 2.45) is 0 Å². The van der Waals surface area contributed by atoms with Crippen LogP contribution >= 0.6 is 15.9 Å². The average Bonchev–Trinajstić information content (AvgIpc) is 2.79. The van der Waals surface area contributed by atoms with E-state index in [1.165, 1.54) is 0 Å². The Labute approximate surface area is 126 Å². The summed E-state index contributed by atoms with van der Waals surface area (Å²) < 4.78 is 2.65. The molecule has 2 N–H and O–H groups in total. The van der Waals surface area contributed by atoms with E-state index in [4.69, 9.17) is 5.73 Å². The van der Waals surface area contributed by atoms with E-state index in [1.54, 1.807) is 22.8 Å². The fraction of sp³-hybridized carbons (Fsp3) is 0.286. The second kappa shape index (κ2) is 6.09. The Hall–Kier alpha value is -1.82. The van der Waals surface area contributed by atoms with Crippen LogP contribution in [0.3, 0.4) is 0 Å². The van der Waals surface area contributed by atoms with Gasteiger partial charge in [-0.1, -0.05) is 28.1 Å². The number of aryl methyl sites for hydroxylation is 1. The van der Waals surface area contributed by atoms with Crippen molar-refractivity contribution in [1.29, 1.82) is 0 Å². The first-order chi connectivity index (χ1) is 9.51. The first-order valence-corrected chi connectivity index (χ1v) is 7.13. The van der Waals surface area contributed by atoms with E-state index in [9.17, 15) is 4.79 Å². The standard InChI is InChI=1S/C14H17BrN4O/c1-3-19-9-12(16)13(17-19)14(20)18(2)8-10-5-4-6-11(15)7-10/h4-7,9H,3,8,16H2,1-2H3. The van der Waals surface area contributed by atoms with Crippen LogP contribution in [0.1, 0.15) is 23.0 Å². The van der Waals surface area contributed by atoms with E-state index in [-0.39, 0.29) is 5.91 Å². The van der Waals surface area contributed by atoms with Gasteiger partial charge in [0.05, 0.1) is 5.69 Å². The maximum Gasteiger partial charge on any atom is 0.276 e. The summed E-state index contributed by atoms with van der Waals surface area (Å²) >= 11 is 3.42. The number of aromatic nitrogens is 2. The lowest BCUT2D eigenvalue weighted by atomic mass is 10.2. The minimum atomic E-state index is -0.172. The third-order valence-electron chi connectivity index (χ3n) is 2.97. The molecule has 1 aromatic heterocycles. The second-order valence-corrected chi connectivity index (χ2v) is 5.50. The summed E-state index contributed by atoms with van der Waals surface area (Å²) in [5.41, 5.74) is 7.60. The minimum absolute atomic E-state index is 0.172. The van der Waals surface area contributed by atoms with Gasteiger partial charge in [-0.2, -0.15) is 5.10 Å². The number of anilines is 1. The van der Waals surface area contributed by atoms with Gasteiger partial charge >= 0.3 is 0 Å². The van der Waals surface area contributed by atoms with Crippen LogP contribution in [0.25, 0.3) is 0 Å². The molecule has 0 aliphatic carbocycles. The van der Waals surface area contributed by atoms with Crippen molar-refractivity contribution in [2.75, 3.05) is 12.8 Å². The number of nitrogen functional groups attached to an aromatic ring is 1. The van der Waals surface area contributed by atoms with Crippen LogP contribution in [-0.4, -0.2) is 27.6 Å². The van der Waals surface area contributed by atoms with Crippen LogP contribution in [0.2, 0.25) is 0 Å². The van der Waals surface area contributed by atoms with Gasteiger partial charge in [0.15, 0.2) is 5.69 Å². The van der Waals surface area contributed by atoms with Crippen LogP contribution in [0.5, 0.6) is 0 Å². The highest BCUT2D eigenvalue weighted by atomic mass is 79.9. The molecule has 0 saturated carbocycles. The number of carbonyl (C=O) groups excluding carboxylic acids is 1. The Bertz CT molecular complexity index is 623. The predicted molar refractivity (Wildman–Crippen MR) is 82.3 cm³/mol. The van der Waals surface area contributed by atoms with Crippen molar-refractivity contribution in [3.05, 3.63) is 46.2 Å². The summed E-state index contributed by atoms with van der Waals surface area (Å²) in [5.74, 6) is -0.172. The van der Waals surface area contributed by atoms with Crippen molar-refractivity contribution in [3.8, 4) is 0 Å². The van der Waals surface area contributed by atoms with E-state index in [0.29, 0.717) is 24.5 Å². The normalized spacial score (nSPS) is 10.6. The van der Waals surface area contributed by atoms with Crippen molar-refractivity contribution in [2.45, 2.75) is 20.0 Å². The van der Waals surface area contributed by atoms with Crippen LogP contribution in [0, 0.1) is 0 Å². The van der Waals surface area contributed by atoms with Gasteiger partial charge in [0, 0.05) is 30.8 Å². The SMILES string of the molecule is CCn1cc(N)c(C(=O)N(C)Cc2cccc(Br)c2)n1. The molecule has 20 heavy (non-hydrogen) atoms. The van der Waals surface area contributed by atoms with Gasteiger partial charge in [-0.3, -0.25) is 9.48 Å². The van der Waals surface area contributed by atoms with Crippen LogP contribution < -0.4 is 5.73 Å². The number of rotatable bonds is 4. The fourth-order valence-corrected chi connectivity index (χ4v) is 2.37. The Kier molecular flexibility index (Phi) is 4.44. The van der Waals surface area contributed by atoms with Crippen LogP contribution in [0.15, 0.2) is 34.9 Å². The smallest absolute Gasteiger partial charge is 0.276 e. The summed E-state index contributed by atoms with van der Waals surface area (Å²) in [5, 5.41) is 4.20. The van der Waals surface area contributed by atoms with Crippen molar-refractivity contribution in [3.63, 3.8) is 0 Å². The summed E-state index contributed by atoms with van der Waals surface area (Å²) in [4.78, 5) is 14.0. The van der Waals surface area contributed by atoms with Gasteiger partial charge < -0.3 is 10.6 Å². The molecule has 106 valence electrons. The molecule has 0 saturated heterocycles. The number of nitrogens with two attached hydrogens (primary N) is 1. The predicted octanol–water partition coefficient (Wildman–Crippen LogP) is 2.52. The molecule has 0 aliphatic heterocycles. The second-order valence-electron chi connectivity index (χ2n) is 4.58. The zero-order valence-corrected chi connectivity index (χ0v) is 13.1. The molecule has 1 heterocycles. The maximum atomic E-state index is 12.3. The van der Waals surface area contributed by atoms with Crippen LogP contribution in [0.4, 0.5) is 5.69 Å². The number of hydrogen-bond acceptors (Lipinski definition) is 3.